The Morgan fingerprint density at radius 1 is 0.711 bits per heavy atom. The van der Waals surface area contributed by atoms with Crippen LogP contribution in [0.2, 0.25) is 0 Å². The van der Waals surface area contributed by atoms with Crippen molar-refractivity contribution in [2.45, 2.75) is 40.5 Å². The van der Waals surface area contributed by atoms with E-state index in [0.717, 1.165) is 24.0 Å². The SMILES string of the molecule is CC#N.CC#N.CC1=CC2=CNCCCNC=C3C=C(C)C=C(C=NCCCN=CC(=C1)C2=O)C3=O.[Ni].[Pd]. The van der Waals surface area contributed by atoms with Crippen LogP contribution in [0.5, 0.6) is 0 Å². The third-order valence-electron chi connectivity index (χ3n) is 4.77. The Balaban J connectivity index is 0. The molecule has 10 heteroatoms. The van der Waals surface area contributed by atoms with Gasteiger partial charge in [0.25, 0.3) is 0 Å². The van der Waals surface area contributed by atoms with Crippen LogP contribution >= 0.6 is 0 Å². The third-order valence-corrected chi connectivity index (χ3v) is 4.77. The van der Waals surface area contributed by atoms with Gasteiger partial charge in [-0.1, -0.05) is 0 Å². The molecule has 2 aliphatic carbocycles. The monoisotopic (exact) mass is 650 g/mol. The molecule has 3 aliphatic rings. The van der Waals surface area contributed by atoms with E-state index < -0.39 is 0 Å². The van der Waals surface area contributed by atoms with Crippen molar-refractivity contribution in [1.29, 1.82) is 10.5 Å². The molecule has 1 heterocycles. The minimum Gasteiger partial charge on any atom is -0.390 e. The number of carbonyl (C=O) groups excluding carboxylic acids is 2. The number of ketones is 2. The van der Waals surface area contributed by atoms with Crippen LogP contribution in [0.15, 0.2) is 80.1 Å². The summed E-state index contributed by atoms with van der Waals surface area (Å²) in [7, 11) is 0. The Morgan fingerprint density at radius 3 is 1.45 bits per heavy atom. The molecule has 3 rings (SSSR count). The number of fused-ring (bicyclic) bond motifs is 4. The molecule has 0 atom stereocenters. The van der Waals surface area contributed by atoms with Gasteiger partial charge in [0.05, 0.1) is 12.1 Å². The summed E-state index contributed by atoms with van der Waals surface area (Å²) in [5.74, 6) is -0.0415. The summed E-state index contributed by atoms with van der Waals surface area (Å²) in [6.45, 7) is 9.39. The molecule has 0 unspecified atom stereocenters. The van der Waals surface area contributed by atoms with Gasteiger partial charge in [-0.05, 0) is 62.1 Å². The van der Waals surface area contributed by atoms with E-state index >= 15 is 0 Å². The number of nitrogens with one attached hydrogen (secondary N) is 2. The second-order valence-electron chi connectivity index (χ2n) is 7.97. The summed E-state index contributed by atoms with van der Waals surface area (Å²) >= 11 is 0. The molecule has 0 saturated heterocycles. The van der Waals surface area contributed by atoms with E-state index in [2.05, 4.69) is 20.6 Å². The van der Waals surface area contributed by atoms with Crippen molar-refractivity contribution in [2.75, 3.05) is 26.2 Å². The second-order valence-corrected chi connectivity index (χ2v) is 7.97. The van der Waals surface area contributed by atoms with Crippen molar-refractivity contribution in [3.05, 3.63) is 70.1 Å². The van der Waals surface area contributed by atoms with Gasteiger partial charge in [0, 0.05) is 124 Å². The van der Waals surface area contributed by atoms with Crippen LogP contribution in [0, 0.1) is 22.7 Å². The minimum absolute atomic E-state index is 0. The van der Waals surface area contributed by atoms with Gasteiger partial charge < -0.3 is 10.6 Å². The average molecular weight is 652 g/mol. The van der Waals surface area contributed by atoms with Gasteiger partial charge in [-0.2, -0.15) is 10.5 Å². The number of Topliss-reactive ketones (excluding diaryl/α,β-unsaturated/α-hetero) is 2. The Kier molecular flexibility index (Phi) is 21.3. The summed E-state index contributed by atoms with van der Waals surface area (Å²) in [5, 5.41) is 21.1. The zero-order chi connectivity index (χ0) is 26.8. The Hall–Kier alpha value is -3.14. The normalized spacial score (nSPS) is 17.1. The summed E-state index contributed by atoms with van der Waals surface area (Å²) in [5.41, 5.74) is 4.52. The first-order valence-corrected chi connectivity index (χ1v) is 11.8. The second kappa shape index (κ2) is 21.9. The number of carbonyl (C=O) groups is 2. The van der Waals surface area contributed by atoms with Gasteiger partial charge in [0.15, 0.2) is 11.6 Å². The molecule has 0 aromatic carbocycles. The van der Waals surface area contributed by atoms with Gasteiger partial charge in [0.1, 0.15) is 0 Å². The molecule has 2 N–H and O–H groups in total. The van der Waals surface area contributed by atoms with E-state index in [1.807, 2.05) is 38.2 Å². The average Bonchev–Trinajstić information content (AvgIpc) is 2.83. The van der Waals surface area contributed by atoms with Crippen LogP contribution in [0.1, 0.15) is 40.5 Å². The molecule has 8 nitrogen and oxygen atoms in total. The van der Waals surface area contributed by atoms with Gasteiger partial charge in [-0.3, -0.25) is 19.6 Å². The maximum atomic E-state index is 12.6. The molecule has 0 spiro atoms. The van der Waals surface area contributed by atoms with E-state index in [4.69, 9.17) is 10.5 Å². The molecule has 0 saturated carbocycles. The topological polar surface area (TPSA) is 130 Å². The Bertz CT molecular complexity index is 1060. The third kappa shape index (κ3) is 14.0. The molecular weight excluding hydrogens is 617 g/mol. The fraction of sp³-hybridized carbons (Fsp3) is 0.357. The molecule has 0 radical (unpaired) electrons. The fourth-order valence-corrected chi connectivity index (χ4v) is 3.30. The molecule has 38 heavy (non-hydrogen) atoms. The molecule has 0 aromatic heterocycles. The van der Waals surface area contributed by atoms with Crippen LogP contribution < -0.4 is 10.6 Å². The molecule has 1 aliphatic heterocycles. The first kappa shape index (κ1) is 37.0. The zero-order valence-electron chi connectivity index (χ0n) is 22.1. The summed E-state index contributed by atoms with van der Waals surface area (Å²) in [6, 6.07) is 3.50. The fourth-order valence-electron chi connectivity index (χ4n) is 3.30. The molecule has 208 valence electrons. The standard InChI is InChI=1S/C24H28N4O2.2C2H3N.Ni.Pd/c1-17-9-19-13-25-5-3-7-27-15-21-11-18(2)12-22(24(21)30)16-28-8-4-6-26-14-20(10-17)23(19)29;2*1-2-3;;/h9-16,25,27H,3-8H2,1-2H3;2*1H3;;. The van der Waals surface area contributed by atoms with Gasteiger partial charge in [0.2, 0.25) is 0 Å². The first-order valence-electron chi connectivity index (χ1n) is 11.8. The van der Waals surface area contributed by atoms with E-state index in [1.165, 1.54) is 13.8 Å². The van der Waals surface area contributed by atoms with Crippen molar-refractivity contribution < 1.29 is 46.5 Å². The molecule has 0 aromatic rings. The van der Waals surface area contributed by atoms with Crippen molar-refractivity contribution >= 4 is 24.0 Å². The van der Waals surface area contributed by atoms with Crippen LogP contribution in [0.4, 0.5) is 0 Å². The van der Waals surface area contributed by atoms with Crippen LogP contribution in [-0.4, -0.2) is 50.2 Å². The number of nitrogens with zero attached hydrogens (tertiary/aromatic N) is 4. The molecule has 0 fully saturated rings. The van der Waals surface area contributed by atoms with Crippen LogP contribution in [-0.2, 0) is 46.5 Å². The van der Waals surface area contributed by atoms with Crippen molar-refractivity contribution in [1.82, 2.24) is 10.6 Å². The molecular formula is C28H34N6NiO2Pd. The smallest absolute Gasteiger partial charge is 0.196 e. The van der Waals surface area contributed by atoms with Crippen molar-refractivity contribution in [2.24, 2.45) is 9.98 Å². The number of aliphatic imine (C=N–C) groups is 2. The van der Waals surface area contributed by atoms with Gasteiger partial charge in [-0.25, -0.2) is 0 Å². The number of rotatable bonds is 0. The van der Waals surface area contributed by atoms with E-state index in [1.54, 1.807) is 37.0 Å². The number of nitriles is 2. The summed E-state index contributed by atoms with van der Waals surface area (Å²) in [6.07, 6.45) is 15.9. The van der Waals surface area contributed by atoms with Gasteiger partial charge in [-0.15, -0.1) is 0 Å². The van der Waals surface area contributed by atoms with Gasteiger partial charge >= 0.3 is 0 Å². The zero-order valence-corrected chi connectivity index (χ0v) is 24.6. The van der Waals surface area contributed by atoms with Crippen molar-refractivity contribution in [3.8, 4) is 12.1 Å². The minimum atomic E-state index is -0.0208. The number of allylic oxidation sites excluding steroid dienone is 10. The first-order chi connectivity index (χ1) is 17.4. The molecule has 4 bridgehead atoms. The van der Waals surface area contributed by atoms with E-state index in [0.29, 0.717) is 48.5 Å². The predicted octanol–water partition coefficient (Wildman–Crippen LogP) is 3.83. The number of hydrogen-bond acceptors (Lipinski definition) is 8. The quantitative estimate of drug-likeness (QED) is 0.383. The predicted molar refractivity (Wildman–Crippen MR) is 144 cm³/mol. The van der Waals surface area contributed by atoms with Crippen LogP contribution in [0.25, 0.3) is 0 Å². The summed E-state index contributed by atoms with van der Waals surface area (Å²) < 4.78 is 0. The Labute approximate surface area is 249 Å². The largest absolute Gasteiger partial charge is 0.390 e. The Morgan fingerprint density at radius 2 is 1.08 bits per heavy atom. The molecule has 0 amide bonds. The van der Waals surface area contributed by atoms with Crippen LogP contribution in [0.3, 0.4) is 0 Å². The van der Waals surface area contributed by atoms with Crippen molar-refractivity contribution in [3.63, 3.8) is 0 Å². The van der Waals surface area contributed by atoms with E-state index in [9.17, 15) is 9.59 Å². The van der Waals surface area contributed by atoms with E-state index in [-0.39, 0.29) is 48.5 Å². The summed E-state index contributed by atoms with van der Waals surface area (Å²) in [4.78, 5) is 34.0. The maximum absolute atomic E-state index is 12.6. The number of hydrogen-bond donors (Lipinski definition) is 2. The maximum Gasteiger partial charge on any atom is 0.196 e.